The molecule has 2 amide bonds. The molecule has 0 saturated heterocycles. The molecule has 0 atom stereocenters. The van der Waals surface area contributed by atoms with Gasteiger partial charge in [-0.25, -0.2) is 4.98 Å². The fourth-order valence-corrected chi connectivity index (χ4v) is 2.47. The van der Waals surface area contributed by atoms with Crippen LogP contribution in [0.25, 0.3) is 11.3 Å². The Morgan fingerprint density at radius 2 is 1.79 bits per heavy atom. The van der Waals surface area contributed by atoms with Gasteiger partial charge in [0.05, 0.1) is 11.3 Å². The highest BCUT2D eigenvalue weighted by atomic mass is 19.4. The van der Waals surface area contributed by atoms with Crippen LogP contribution in [0, 0.1) is 0 Å². The van der Waals surface area contributed by atoms with E-state index in [1.165, 1.54) is 24.3 Å². The molecule has 8 nitrogen and oxygen atoms in total. The van der Waals surface area contributed by atoms with Gasteiger partial charge in [-0.15, -0.1) is 0 Å². The largest absolute Gasteiger partial charge is 0.416 e. The minimum absolute atomic E-state index is 0.0189. The molecule has 144 valence electrons. The van der Waals surface area contributed by atoms with Crippen molar-refractivity contribution in [3.63, 3.8) is 0 Å². The van der Waals surface area contributed by atoms with Crippen LogP contribution in [0.1, 0.15) is 26.3 Å². The van der Waals surface area contributed by atoms with Crippen molar-refractivity contribution < 1.29 is 22.8 Å². The van der Waals surface area contributed by atoms with Crippen LogP contribution < -0.4 is 16.8 Å². The van der Waals surface area contributed by atoms with Crippen LogP contribution in [-0.2, 0) is 6.18 Å². The van der Waals surface area contributed by atoms with E-state index in [1.807, 2.05) is 0 Å². The van der Waals surface area contributed by atoms with Gasteiger partial charge in [0.15, 0.2) is 5.82 Å². The number of amides is 2. The molecule has 0 fully saturated rings. The number of nitrogens with two attached hydrogens (primary N) is 2. The first-order chi connectivity index (χ1) is 13.2. The molecular formula is C17H13F3N6O2. The van der Waals surface area contributed by atoms with Crippen LogP contribution in [0.3, 0.4) is 0 Å². The molecule has 0 aliphatic carbocycles. The molecule has 0 saturated carbocycles. The lowest BCUT2D eigenvalue weighted by molar-refractivity contribution is -0.137. The van der Waals surface area contributed by atoms with Gasteiger partial charge in [0.2, 0.25) is 0 Å². The highest BCUT2D eigenvalue weighted by molar-refractivity contribution is 6.05. The monoisotopic (exact) mass is 390 g/mol. The van der Waals surface area contributed by atoms with Gasteiger partial charge in [-0.3, -0.25) is 14.7 Å². The number of primary amides is 1. The quantitative estimate of drug-likeness (QED) is 0.542. The molecule has 11 heteroatoms. The number of halogens is 3. The minimum atomic E-state index is -4.55. The summed E-state index contributed by atoms with van der Waals surface area (Å²) in [6, 6.07) is 7.39. The summed E-state index contributed by atoms with van der Waals surface area (Å²) in [4.78, 5) is 27.4. The lowest BCUT2D eigenvalue weighted by Gasteiger charge is -2.09. The van der Waals surface area contributed by atoms with E-state index in [0.717, 1.165) is 18.3 Å². The molecule has 0 spiro atoms. The normalized spacial score (nSPS) is 11.2. The van der Waals surface area contributed by atoms with Gasteiger partial charge in [-0.1, -0.05) is 12.1 Å². The second-order valence-electron chi connectivity index (χ2n) is 5.68. The van der Waals surface area contributed by atoms with Crippen molar-refractivity contribution >= 4 is 23.5 Å². The number of carbonyl (C=O) groups is 2. The summed E-state index contributed by atoms with van der Waals surface area (Å²) in [5.41, 5.74) is 10.9. The molecule has 0 radical (unpaired) electrons. The summed E-state index contributed by atoms with van der Waals surface area (Å²) >= 11 is 0. The summed E-state index contributed by atoms with van der Waals surface area (Å²) in [7, 11) is 0. The Hall–Kier alpha value is -3.89. The van der Waals surface area contributed by atoms with E-state index >= 15 is 0 Å². The number of nitrogens with one attached hydrogen (secondary N) is 2. The fourth-order valence-electron chi connectivity index (χ4n) is 2.47. The zero-order chi connectivity index (χ0) is 20.5. The van der Waals surface area contributed by atoms with E-state index in [0.29, 0.717) is 5.56 Å². The van der Waals surface area contributed by atoms with Crippen molar-refractivity contribution in [3.8, 4) is 11.3 Å². The van der Waals surface area contributed by atoms with Crippen LogP contribution in [0.4, 0.5) is 24.8 Å². The third-order valence-electron chi connectivity index (χ3n) is 3.81. The SMILES string of the molecule is NC(=O)c1c(N)n[nH]c1-c1ccc(C(=O)Nc2cc(C(F)(F)F)ccn2)cc1. The van der Waals surface area contributed by atoms with E-state index in [4.69, 9.17) is 11.5 Å². The Labute approximate surface area is 155 Å². The maximum atomic E-state index is 12.7. The van der Waals surface area contributed by atoms with Gasteiger partial charge >= 0.3 is 6.18 Å². The maximum Gasteiger partial charge on any atom is 0.416 e. The number of rotatable bonds is 4. The average molecular weight is 390 g/mol. The molecule has 0 unspecified atom stereocenters. The zero-order valence-electron chi connectivity index (χ0n) is 14.0. The van der Waals surface area contributed by atoms with E-state index < -0.39 is 23.6 Å². The minimum Gasteiger partial charge on any atom is -0.382 e. The first kappa shape index (κ1) is 18.9. The molecule has 6 N–H and O–H groups in total. The van der Waals surface area contributed by atoms with Gasteiger partial charge in [-0.05, 0) is 24.3 Å². The van der Waals surface area contributed by atoms with Crippen LogP contribution in [0.2, 0.25) is 0 Å². The first-order valence-corrected chi connectivity index (χ1v) is 7.75. The molecule has 28 heavy (non-hydrogen) atoms. The first-order valence-electron chi connectivity index (χ1n) is 7.75. The number of alkyl halides is 3. The molecule has 2 aromatic heterocycles. The number of aromatic nitrogens is 3. The van der Waals surface area contributed by atoms with Gasteiger partial charge in [0.1, 0.15) is 11.4 Å². The van der Waals surface area contributed by atoms with E-state index in [-0.39, 0.29) is 28.5 Å². The molecule has 0 aliphatic rings. The third-order valence-corrected chi connectivity index (χ3v) is 3.81. The number of benzene rings is 1. The van der Waals surface area contributed by atoms with Gasteiger partial charge < -0.3 is 16.8 Å². The third kappa shape index (κ3) is 3.77. The van der Waals surface area contributed by atoms with Crippen molar-refractivity contribution in [1.82, 2.24) is 15.2 Å². The Morgan fingerprint density at radius 3 is 2.39 bits per heavy atom. The van der Waals surface area contributed by atoms with Crippen molar-refractivity contribution in [1.29, 1.82) is 0 Å². The zero-order valence-corrected chi connectivity index (χ0v) is 14.0. The van der Waals surface area contributed by atoms with Crippen molar-refractivity contribution in [2.75, 3.05) is 11.1 Å². The molecule has 0 bridgehead atoms. The predicted molar refractivity (Wildman–Crippen MR) is 94.1 cm³/mol. The molecule has 1 aromatic carbocycles. The number of pyridine rings is 1. The number of carbonyl (C=O) groups excluding carboxylic acids is 2. The number of H-pyrrole nitrogens is 1. The van der Waals surface area contributed by atoms with Crippen molar-refractivity contribution in [2.45, 2.75) is 6.18 Å². The van der Waals surface area contributed by atoms with E-state index in [1.54, 1.807) is 0 Å². The number of nitrogens with zero attached hydrogens (tertiary/aromatic N) is 2. The lowest BCUT2D eigenvalue weighted by Crippen LogP contribution is -2.14. The standard InChI is InChI=1S/C17H13F3N6O2/c18-17(19,20)10-5-6-23-11(7-10)24-16(28)9-3-1-8(2-4-9)13-12(15(22)27)14(21)26-25-13/h1-7H,(H2,22,27)(H3,21,25,26)(H,23,24,28). The second-order valence-corrected chi connectivity index (χ2v) is 5.68. The smallest absolute Gasteiger partial charge is 0.382 e. The molecule has 3 rings (SSSR count). The lowest BCUT2D eigenvalue weighted by atomic mass is 10.0. The van der Waals surface area contributed by atoms with Gasteiger partial charge in [-0.2, -0.15) is 18.3 Å². The van der Waals surface area contributed by atoms with Gasteiger partial charge in [0, 0.05) is 17.3 Å². The number of aromatic amines is 1. The van der Waals surface area contributed by atoms with Crippen molar-refractivity contribution in [3.05, 3.63) is 59.3 Å². The summed E-state index contributed by atoms with van der Waals surface area (Å²) in [6.07, 6.45) is -3.59. The van der Waals surface area contributed by atoms with Gasteiger partial charge in [0.25, 0.3) is 11.8 Å². The Kier molecular flexibility index (Phi) is 4.74. The highest BCUT2D eigenvalue weighted by Crippen LogP contribution is 2.30. The summed E-state index contributed by atoms with van der Waals surface area (Å²) in [6.45, 7) is 0. The summed E-state index contributed by atoms with van der Waals surface area (Å²) in [5.74, 6) is -1.71. The highest BCUT2D eigenvalue weighted by Gasteiger charge is 2.30. The Morgan fingerprint density at radius 1 is 1.11 bits per heavy atom. The van der Waals surface area contributed by atoms with Crippen LogP contribution in [0.5, 0.6) is 0 Å². The number of hydrogen-bond donors (Lipinski definition) is 4. The van der Waals surface area contributed by atoms with Crippen molar-refractivity contribution in [2.24, 2.45) is 5.73 Å². The average Bonchev–Trinajstić information content (AvgIpc) is 3.03. The second kappa shape index (κ2) is 7.02. The maximum absolute atomic E-state index is 12.7. The number of hydrogen-bond acceptors (Lipinski definition) is 5. The number of anilines is 2. The predicted octanol–water partition coefficient (Wildman–Crippen LogP) is 2.42. The summed E-state index contributed by atoms with van der Waals surface area (Å²) in [5, 5.41) is 8.62. The molecule has 2 heterocycles. The van der Waals surface area contributed by atoms with E-state index in [9.17, 15) is 22.8 Å². The Balaban J connectivity index is 1.81. The van der Waals surface area contributed by atoms with E-state index in [2.05, 4.69) is 20.5 Å². The number of nitrogen functional groups attached to an aromatic ring is 1. The van der Waals surface area contributed by atoms with Crippen LogP contribution in [0.15, 0.2) is 42.6 Å². The summed E-state index contributed by atoms with van der Waals surface area (Å²) < 4.78 is 38.2. The fraction of sp³-hybridized carbons (Fsp3) is 0.0588. The topological polar surface area (TPSA) is 140 Å². The molecule has 0 aliphatic heterocycles. The van der Waals surface area contributed by atoms with Crippen LogP contribution in [-0.4, -0.2) is 27.0 Å². The Bertz CT molecular complexity index is 1040. The molecular weight excluding hydrogens is 377 g/mol. The molecule has 3 aromatic rings. The van der Waals surface area contributed by atoms with Crippen LogP contribution >= 0.6 is 0 Å².